The van der Waals surface area contributed by atoms with Crippen LogP contribution in [0, 0.1) is 0 Å². The van der Waals surface area contributed by atoms with Crippen molar-refractivity contribution in [1.29, 1.82) is 0 Å². The second-order valence-electron chi connectivity index (χ2n) is 7.51. The molecule has 10 heteroatoms. The zero-order valence-corrected chi connectivity index (χ0v) is 17.5. The molecule has 0 aliphatic carbocycles. The number of alkyl carbamates (subject to hydrolysis) is 1. The Bertz CT molecular complexity index is 877. The van der Waals surface area contributed by atoms with Gasteiger partial charge in [0.2, 0.25) is 5.91 Å². The first-order valence-electron chi connectivity index (χ1n) is 9.10. The van der Waals surface area contributed by atoms with Crippen molar-refractivity contribution in [2.45, 2.75) is 44.9 Å². The van der Waals surface area contributed by atoms with Crippen LogP contribution in [0.3, 0.4) is 0 Å². The van der Waals surface area contributed by atoms with E-state index in [2.05, 4.69) is 28.2 Å². The maximum atomic E-state index is 12.8. The van der Waals surface area contributed by atoms with E-state index in [1.54, 1.807) is 27.0 Å². The third kappa shape index (κ3) is 6.40. The molecule has 0 unspecified atom stereocenters. The molecular weight excluding hydrogens is 394 g/mol. The second kappa shape index (κ2) is 9.66. The summed E-state index contributed by atoms with van der Waals surface area (Å²) >= 11 is 4.07. The summed E-state index contributed by atoms with van der Waals surface area (Å²) in [4.78, 5) is 40.0. The number of fused-ring (bicyclic) bond motifs is 1. The highest BCUT2D eigenvalue weighted by molar-refractivity contribution is 7.80. The lowest BCUT2D eigenvalue weighted by Gasteiger charge is -2.24. The Hall–Kier alpha value is -2.72. The molecule has 1 aromatic heterocycles. The summed E-state index contributed by atoms with van der Waals surface area (Å²) in [6.07, 6.45) is 1.24. The van der Waals surface area contributed by atoms with E-state index < -0.39 is 35.6 Å². The van der Waals surface area contributed by atoms with E-state index in [0.29, 0.717) is 0 Å². The summed E-state index contributed by atoms with van der Waals surface area (Å²) < 4.78 is 5.27. The molecule has 9 nitrogen and oxygen atoms in total. The minimum atomic E-state index is -0.975. The zero-order chi connectivity index (χ0) is 21.6. The number of hydrogen-bond acceptors (Lipinski definition) is 6. The van der Waals surface area contributed by atoms with Gasteiger partial charge in [-0.3, -0.25) is 15.0 Å². The van der Waals surface area contributed by atoms with Gasteiger partial charge in [-0.1, -0.05) is 18.2 Å². The van der Waals surface area contributed by atoms with Crippen LogP contribution >= 0.6 is 12.6 Å². The van der Waals surface area contributed by atoms with Crippen molar-refractivity contribution < 1.29 is 19.1 Å². The Morgan fingerprint density at radius 1 is 1.14 bits per heavy atom. The number of rotatable bonds is 7. The Labute approximate surface area is 174 Å². The summed E-state index contributed by atoms with van der Waals surface area (Å²) in [6.45, 7) is 5.18. The molecule has 158 valence electrons. The van der Waals surface area contributed by atoms with E-state index in [0.717, 1.165) is 16.5 Å². The molecule has 0 aliphatic heterocycles. The van der Waals surface area contributed by atoms with Crippen molar-refractivity contribution >= 4 is 41.4 Å². The number of nitrogens with two attached hydrogens (primary N) is 1. The van der Waals surface area contributed by atoms with Crippen molar-refractivity contribution in [3.8, 4) is 0 Å². The quantitative estimate of drug-likeness (QED) is 0.171. The van der Waals surface area contributed by atoms with Crippen LogP contribution in [0.2, 0.25) is 0 Å². The number of carbonyl (C=O) groups excluding carboxylic acids is 3. The molecule has 2 aromatic rings. The lowest BCUT2D eigenvalue weighted by Crippen LogP contribution is -2.56. The maximum Gasteiger partial charge on any atom is 0.408 e. The van der Waals surface area contributed by atoms with Gasteiger partial charge in [0.15, 0.2) is 0 Å². The number of hydrogen-bond donors (Lipinski definition) is 6. The fraction of sp³-hybridized carbons (Fsp3) is 0.421. The first-order chi connectivity index (χ1) is 13.6. The number of aromatic nitrogens is 1. The Morgan fingerprint density at radius 2 is 1.83 bits per heavy atom. The van der Waals surface area contributed by atoms with Crippen molar-refractivity contribution in [3.05, 3.63) is 36.0 Å². The SMILES string of the molecule is CC(C)(C)OC(=O)N[C@H](Cc1c[nH]c2ccccc12)C(=O)N[C@H](CS)C(=O)NN. The van der Waals surface area contributed by atoms with Crippen molar-refractivity contribution in [1.82, 2.24) is 21.0 Å². The van der Waals surface area contributed by atoms with Crippen LogP contribution in [0.5, 0.6) is 0 Å². The molecule has 1 aromatic carbocycles. The van der Waals surface area contributed by atoms with E-state index in [-0.39, 0.29) is 12.2 Å². The number of hydrazine groups is 1. The minimum absolute atomic E-state index is 0.0427. The monoisotopic (exact) mass is 421 g/mol. The predicted octanol–water partition coefficient (Wildman–Crippen LogP) is 1.01. The van der Waals surface area contributed by atoms with Gasteiger partial charge >= 0.3 is 6.09 Å². The van der Waals surface area contributed by atoms with Gasteiger partial charge in [-0.05, 0) is 32.4 Å². The van der Waals surface area contributed by atoms with Gasteiger partial charge in [-0.15, -0.1) is 0 Å². The summed E-state index contributed by atoms with van der Waals surface area (Å²) in [6, 6.07) is 5.70. The number of aromatic amines is 1. The molecule has 0 bridgehead atoms. The fourth-order valence-corrected chi connectivity index (χ4v) is 3.00. The number of thiol groups is 1. The van der Waals surface area contributed by atoms with Crippen molar-refractivity contribution in [3.63, 3.8) is 0 Å². The number of amides is 3. The van der Waals surface area contributed by atoms with Gasteiger partial charge in [0.1, 0.15) is 17.7 Å². The van der Waals surface area contributed by atoms with Crippen LogP contribution in [0.15, 0.2) is 30.5 Å². The first kappa shape index (κ1) is 22.6. The normalized spacial score (nSPS) is 13.4. The number of para-hydroxylation sites is 1. The van der Waals surface area contributed by atoms with Gasteiger partial charge in [-0.25, -0.2) is 10.6 Å². The van der Waals surface area contributed by atoms with Crippen LogP contribution in [0.4, 0.5) is 4.79 Å². The van der Waals surface area contributed by atoms with Gasteiger partial charge in [-0.2, -0.15) is 12.6 Å². The Morgan fingerprint density at radius 3 is 2.45 bits per heavy atom. The molecule has 2 rings (SSSR count). The summed E-state index contributed by atoms with van der Waals surface area (Å²) in [5.74, 6) is 4.05. The molecule has 0 saturated carbocycles. The maximum absolute atomic E-state index is 12.8. The van der Waals surface area contributed by atoms with Gasteiger partial charge in [0, 0.05) is 29.3 Å². The number of nitrogens with one attached hydrogen (secondary N) is 4. The van der Waals surface area contributed by atoms with Crippen LogP contribution < -0.4 is 21.9 Å². The van der Waals surface area contributed by atoms with E-state index in [9.17, 15) is 14.4 Å². The highest BCUT2D eigenvalue weighted by Crippen LogP contribution is 2.19. The summed E-state index contributed by atoms with van der Waals surface area (Å²) in [7, 11) is 0. The molecule has 2 atom stereocenters. The zero-order valence-electron chi connectivity index (χ0n) is 16.6. The van der Waals surface area contributed by atoms with Gasteiger partial charge in [0.05, 0.1) is 0 Å². The highest BCUT2D eigenvalue weighted by Gasteiger charge is 2.28. The Balaban J connectivity index is 2.23. The molecule has 0 spiro atoms. The molecule has 3 amide bonds. The topological polar surface area (TPSA) is 138 Å². The molecule has 1 heterocycles. The summed E-state index contributed by atoms with van der Waals surface area (Å²) in [5, 5.41) is 6.08. The predicted molar refractivity (Wildman–Crippen MR) is 113 cm³/mol. The molecule has 6 N–H and O–H groups in total. The highest BCUT2D eigenvalue weighted by atomic mass is 32.1. The van der Waals surface area contributed by atoms with E-state index in [1.165, 1.54) is 0 Å². The molecule has 0 fully saturated rings. The molecule has 0 aliphatic rings. The number of ether oxygens (including phenoxy) is 1. The van der Waals surface area contributed by atoms with Crippen molar-refractivity contribution in [2.24, 2.45) is 5.84 Å². The lowest BCUT2D eigenvalue weighted by molar-refractivity contribution is -0.129. The first-order valence-corrected chi connectivity index (χ1v) is 9.74. The third-order valence-electron chi connectivity index (χ3n) is 4.06. The smallest absolute Gasteiger partial charge is 0.408 e. The molecule has 29 heavy (non-hydrogen) atoms. The van der Waals surface area contributed by atoms with Crippen LogP contribution in [0.25, 0.3) is 10.9 Å². The molecular formula is C19H27N5O4S. The Kier molecular flexibility index (Phi) is 7.52. The summed E-state index contributed by atoms with van der Waals surface area (Å²) in [5.41, 5.74) is 3.01. The standard InChI is InChI=1S/C19H27N5O4S/c1-19(2,3)28-18(27)23-14(16(25)22-15(10-29)17(26)24-20)8-11-9-21-13-7-5-4-6-12(11)13/h4-7,9,14-15,21,29H,8,10,20H2,1-3H3,(H,22,25)(H,23,27)(H,24,26)/t14-,15-/m1/s1. The number of H-pyrrole nitrogens is 1. The number of benzene rings is 1. The van der Waals surface area contributed by atoms with Gasteiger partial charge < -0.3 is 20.4 Å². The second-order valence-corrected chi connectivity index (χ2v) is 7.88. The minimum Gasteiger partial charge on any atom is -0.444 e. The molecule has 0 saturated heterocycles. The van der Waals surface area contributed by atoms with E-state index >= 15 is 0 Å². The largest absolute Gasteiger partial charge is 0.444 e. The average Bonchev–Trinajstić information content (AvgIpc) is 3.06. The van der Waals surface area contributed by atoms with Crippen LogP contribution in [0.1, 0.15) is 26.3 Å². The average molecular weight is 422 g/mol. The van der Waals surface area contributed by atoms with Crippen LogP contribution in [-0.2, 0) is 20.7 Å². The third-order valence-corrected chi connectivity index (χ3v) is 4.43. The van der Waals surface area contributed by atoms with Crippen LogP contribution in [-0.4, -0.2) is 46.3 Å². The van der Waals surface area contributed by atoms with E-state index in [4.69, 9.17) is 10.6 Å². The van der Waals surface area contributed by atoms with E-state index in [1.807, 2.05) is 29.7 Å². The lowest BCUT2D eigenvalue weighted by atomic mass is 10.0. The fourth-order valence-electron chi connectivity index (χ4n) is 2.75. The number of carbonyl (C=O) groups is 3. The molecule has 0 radical (unpaired) electrons. The van der Waals surface area contributed by atoms with Crippen molar-refractivity contribution in [2.75, 3.05) is 5.75 Å². The van der Waals surface area contributed by atoms with Gasteiger partial charge in [0.25, 0.3) is 5.91 Å².